The van der Waals surface area contributed by atoms with Crippen molar-refractivity contribution in [2.24, 2.45) is 5.73 Å². The summed E-state index contributed by atoms with van der Waals surface area (Å²) < 4.78 is 10.2. The molecule has 1 amide bonds. The number of nitrogens with one attached hydrogen (secondary N) is 1. The van der Waals surface area contributed by atoms with E-state index in [0.717, 1.165) is 22.3 Å². The fourth-order valence-corrected chi connectivity index (χ4v) is 3.21. The van der Waals surface area contributed by atoms with Crippen molar-refractivity contribution in [1.82, 2.24) is 5.32 Å². The molecule has 1 atom stereocenters. The van der Waals surface area contributed by atoms with Crippen molar-refractivity contribution in [2.75, 3.05) is 13.2 Å². The first-order valence-corrected chi connectivity index (χ1v) is 8.79. The Morgan fingerprint density at radius 3 is 2.26 bits per heavy atom. The van der Waals surface area contributed by atoms with Gasteiger partial charge in [0.25, 0.3) is 0 Å². The lowest BCUT2D eigenvalue weighted by atomic mass is 9.98. The highest BCUT2D eigenvalue weighted by Gasteiger charge is 2.29. The van der Waals surface area contributed by atoms with Crippen LogP contribution in [0.2, 0.25) is 0 Å². The smallest absolute Gasteiger partial charge is 0.407 e. The molecule has 0 fully saturated rings. The predicted octanol–water partition coefficient (Wildman–Crippen LogP) is 2.93. The highest BCUT2D eigenvalue weighted by atomic mass is 16.6. The van der Waals surface area contributed by atoms with Gasteiger partial charge in [-0.15, -0.1) is 0 Å². The van der Waals surface area contributed by atoms with Crippen molar-refractivity contribution in [1.29, 1.82) is 0 Å². The number of allylic oxidation sites excluding steroid dienone is 1. The van der Waals surface area contributed by atoms with Crippen LogP contribution in [0, 0.1) is 0 Å². The largest absolute Gasteiger partial charge is 0.449 e. The minimum atomic E-state index is -0.961. The van der Waals surface area contributed by atoms with Gasteiger partial charge in [-0.05, 0) is 29.2 Å². The second-order valence-corrected chi connectivity index (χ2v) is 6.16. The molecule has 2 aromatic rings. The van der Waals surface area contributed by atoms with E-state index in [9.17, 15) is 9.59 Å². The number of alkyl carbamates (subject to hydrolysis) is 1. The molecule has 0 aromatic heterocycles. The van der Waals surface area contributed by atoms with Crippen molar-refractivity contribution in [2.45, 2.75) is 18.9 Å². The van der Waals surface area contributed by atoms with Crippen LogP contribution in [0.25, 0.3) is 11.1 Å². The number of fused-ring (bicyclic) bond motifs is 3. The maximum Gasteiger partial charge on any atom is 0.407 e. The number of rotatable bonds is 6. The van der Waals surface area contributed by atoms with Crippen LogP contribution in [0.1, 0.15) is 24.0 Å². The molecule has 0 saturated carbocycles. The number of amides is 1. The first-order chi connectivity index (χ1) is 13.2. The minimum Gasteiger partial charge on any atom is -0.449 e. The molecule has 3 N–H and O–H groups in total. The summed E-state index contributed by atoms with van der Waals surface area (Å²) in [6, 6.07) is 15.2. The number of hydrogen-bond acceptors (Lipinski definition) is 5. The summed E-state index contributed by atoms with van der Waals surface area (Å²) in [6.07, 6.45) is 2.10. The van der Waals surface area contributed by atoms with Crippen molar-refractivity contribution >= 4 is 12.1 Å². The predicted molar refractivity (Wildman–Crippen MR) is 102 cm³/mol. The molecule has 6 heteroatoms. The fourth-order valence-electron chi connectivity index (χ4n) is 3.21. The third kappa shape index (κ3) is 4.01. The number of nitrogens with two attached hydrogens (primary N) is 1. The van der Waals surface area contributed by atoms with Gasteiger partial charge in [0.15, 0.2) is 0 Å². The molecule has 6 nitrogen and oxygen atoms in total. The highest BCUT2D eigenvalue weighted by Crippen LogP contribution is 2.44. The number of benzene rings is 2. The molecule has 140 valence electrons. The molecule has 0 spiro atoms. The van der Waals surface area contributed by atoms with Gasteiger partial charge in [0, 0.05) is 12.5 Å². The van der Waals surface area contributed by atoms with Crippen LogP contribution in [-0.4, -0.2) is 31.3 Å². The second kappa shape index (κ2) is 8.51. The molecular formula is C21H22N2O4. The molecule has 2 aromatic carbocycles. The lowest BCUT2D eigenvalue weighted by molar-refractivity contribution is -0.140. The number of carbonyl (C=O) groups is 2. The molecule has 27 heavy (non-hydrogen) atoms. The molecule has 3 rings (SSSR count). The molecule has 1 aliphatic rings. The Balaban J connectivity index is 1.66. The van der Waals surface area contributed by atoms with Gasteiger partial charge < -0.3 is 20.5 Å². The van der Waals surface area contributed by atoms with Gasteiger partial charge in [0.2, 0.25) is 0 Å². The first-order valence-electron chi connectivity index (χ1n) is 8.79. The van der Waals surface area contributed by atoms with Gasteiger partial charge >= 0.3 is 12.1 Å². The Kier molecular flexibility index (Phi) is 5.88. The Morgan fingerprint density at radius 1 is 1.11 bits per heavy atom. The third-order valence-corrected chi connectivity index (χ3v) is 4.48. The summed E-state index contributed by atoms with van der Waals surface area (Å²) in [5.41, 5.74) is 10.1. The zero-order valence-corrected chi connectivity index (χ0v) is 15.1. The van der Waals surface area contributed by atoms with E-state index >= 15 is 0 Å². The normalized spacial score (nSPS) is 13.7. The molecule has 0 radical (unpaired) electrons. The quantitative estimate of drug-likeness (QED) is 0.606. The summed E-state index contributed by atoms with van der Waals surface area (Å²) >= 11 is 0. The second-order valence-electron chi connectivity index (χ2n) is 6.16. The number of ether oxygens (including phenoxy) is 2. The van der Waals surface area contributed by atoms with E-state index in [1.54, 1.807) is 13.0 Å². The van der Waals surface area contributed by atoms with E-state index in [-0.39, 0.29) is 19.1 Å². The zero-order chi connectivity index (χ0) is 19.2. The summed E-state index contributed by atoms with van der Waals surface area (Å²) in [7, 11) is 0. The number of carbonyl (C=O) groups excluding carboxylic acids is 2. The van der Waals surface area contributed by atoms with Crippen LogP contribution >= 0.6 is 0 Å². The van der Waals surface area contributed by atoms with Gasteiger partial charge in [0.05, 0.1) is 6.26 Å². The van der Waals surface area contributed by atoms with Gasteiger partial charge in [-0.1, -0.05) is 54.6 Å². The van der Waals surface area contributed by atoms with Crippen molar-refractivity contribution in [3.63, 3.8) is 0 Å². The van der Waals surface area contributed by atoms with E-state index in [2.05, 4.69) is 17.4 Å². The fraction of sp³-hybridized carbons (Fsp3) is 0.238. The van der Waals surface area contributed by atoms with E-state index in [1.807, 2.05) is 36.4 Å². The molecular weight excluding hydrogens is 344 g/mol. The SMILES string of the molecule is C/C=C/OC(=O)[C@H](CN)NC(=O)OCC1c2ccccc2-c2ccccc21. The van der Waals surface area contributed by atoms with Crippen LogP contribution in [0.5, 0.6) is 0 Å². The van der Waals surface area contributed by atoms with Gasteiger partial charge in [-0.25, -0.2) is 9.59 Å². The van der Waals surface area contributed by atoms with E-state index in [1.165, 1.54) is 6.26 Å². The van der Waals surface area contributed by atoms with Crippen LogP contribution in [-0.2, 0) is 14.3 Å². The Hall–Kier alpha value is -3.12. The van der Waals surface area contributed by atoms with E-state index in [0.29, 0.717) is 0 Å². The molecule has 0 heterocycles. The molecule has 0 bridgehead atoms. The maximum atomic E-state index is 12.2. The molecule has 0 saturated heterocycles. The summed E-state index contributed by atoms with van der Waals surface area (Å²) in [5, 5.41) is 2.45. The Bertz CT molecular complexity index is 817. The molecule has 0 unspecified atom stereocenters. The summed E-state index contributed by atoms with van der Waals surface area (Å²) in [5.74, 6) is -0.682. The lowest BCUT2D eigenvalue weighted by Gasteiger charge is -2.17. The highest BCUT2D eigenvalue weighted by molar-refractivity contribution is 5.82. The monoisotopic (exact) mass is 366 g/mol. The Labute approximate surface area is 158 Å². The average Bonchev–Trinajstić information content (AvgIpc) is 3.02. The van der Waals surface area contributed by atoms with Gasteiger partial charge in [-0.3, -0.25) is 0 Å². The summed E-state index contributed by atoms with van der Waals surface area (Å²) in [6.45, 7) is 1.80. The summed E-state index contributed by atoms with van der Waals surface area (Å²) in [4.78, 5) is 24.0. The van der Waals surface area contributed by atoms with Crippen LogP contribution in [0.3, 0.4) is 0 Å². The van der Waals surface area contributed by atoms with Gasteiger partial charge in [0.1, 0.15) is 12.6 Å². The van der Waals surface area contributed by atoms with Crippen LogP contribution in [0.15, 0.2) is 60.9 Å². The molecule has 0 aliphatic heterocycles. The van der Waals surface area contributed by atoms with Crippen LogP contribution in [0.4, 0.5) is 4.79 Å². The van der Waals surface area contributed by atoms with Gasteiger partial charge in [-0.2, -0.15) is 0 Å². The van der Waals surface area contributed by atoms with Crippen molar-refractivity contribution in [3.05, 3.63) is 72.0 Å². The zero-order valence-electron chi connectivity index (χ0n) is 15.1. The van der Waals surface area contributed by atoms with E-state index < -0.39 is 18.1 Å². The minimum absolute atomic E-state index is 0.0468. The average molecular weight is 366 g/mol. The van der Waals surface area contributed by atoms with Crippen molar-refractivity contribution in [3.8, 4) is 11.1 Å². The Morgan fingerprint density at radius 2 is 1.70 bits per heavy atom. The lowest BCUT2D eigenvalue weighted by Crippen LogP contribution is -2.46. The van der Waals surface area contributed by atoms with Crippen molar-refractivity contribution < 1.29 is 19.1 Å². The topological polar surface area (TPSA) is 90.6 Å². The third-order valence-electron chi connectivity index (χ3n) is 4.48. The number of hydrogen-bond donors (Lipinski definition) is 2. The molecule has 1 aliphatic carbocycles. The number of esters is 1. The van der Waals surface area contributed by atoms with Crippen LogP contribution < -0.4 is 11.1 Å². The standard InChI is InChI=1S/C21H22N2O4/c1-2-11-26-20(24)19(12-22)23-21(25)27-13-18-16-9-5-3-7-14(16)15-8-4-6-10-17(15)18/h2-11,18-19H,12-13,22H2,1H3,(H,23,25)/b11-2+/t19-/m0/s1. The first kappa shape index (κ1) is 18.7. The maximum absolute atomic E-state index is 12.2. The van der Waals surface area contributed by atoms with E-state index in [4.69, 9.17) is 15.2 Å².